The summed E-state index contributed by atoms with van der Waals surface area (Å²) in [6, 6.07) is 7.54. The molecule has 0 bridgehead atoms. The molecule has 0 heterocycles. The summed E-state index contributed by atoms with van der Waals surface area (Å²) >= 11 is 0. The van der Waals surface area contributed by atoms with Gasteiger partial charge in [0, 0.05) is 24.6 Å². The predicted octanol–water partition coefficient (Wildman–Crippen LogP) is 3.09. The molecule has 1 rings (SSSR count). The van der Waals surface area contributed by atoms with Gasteiger partial charge in [-0.15, -0.1) is 0 Å². The van der Waals surface area contributed by atoms with Gasteiger partial charge in [-0.25, -0.2) is 0 Å². The molecule has 0 fully saturated rings. The topological polar surface area (TPSA) is 58.2 Å². The zero-order chi connectivity index (χ0) is 15.0. The zero-order valence-electron chi connectivity index (χ0n) is 12.5. The van der Waals surface area contributed by atoms with Crippen LogP contribution in [-0.2, 0) is 16.1 Å². The fourth-order valence-electron chi connectivity index (χ4n) is 1.62. The number of anilines is 1. The smallest absolute Gasteiger partial charge is 0.226 e. The average molecular weight is 276 g/mol. The van der Waals surface area contributed by atoms with E-state index in [9.17, 15) is 9.59 Å². The minimum atomic E-state index is -0.0347. The Morgan fingerprint density at radius 3 is 2.35 bits per heavy atom. The van der Waals surface area contributed by atoms with Gasteiger partial charge in [-0.05, 0) is 24.1 Å². The summed E-state index contributed by atoms with van der Waals surface area (Å²) < 4.78 is 0. The summed E-state index contributed by atoms with van der Waals surface area (Å²) in [6.45, 7) is 6.31. The van der Waals surface area contributed by atoms with Crippen molar-refractivity contribution < 1.29 is 9.59 Å². The molecule has 2 N–H and O–H groups in total. The lowest BCUT2D eigenvalue weighted by Crippen LogP contribution is -2.22. The van der Waals surface area contributed by atoms with Crippen molar-refractivity contribution in [3.63, 3.8) is 0 Å². The molecule has 0 atom stereocenters. The van der Waals surface area contributed by atoms with E-state index in [1.165, 1.54) is 0 Å². The maximum absolute atomic E-state index is 11.5. The van der Waals surface area contributed by atoms with Gasteiger partial charge in [0.1, 0.15) is 0 Å². The molecule has 110 valence electrons. The minimum Gasteiger partial charge on any atom is -0.352 e. The summed E-state index contributed by atoms with van der Waals surface area (Å²) in [6.07, 6.45) is 2.53. The molecule has 0 aliphatic carbocycles. The highest BCUT2D eigenvalue weighted by Crippen LogP contribution is 2.11. The van der Waals surface area contributed by atoms with Gasteiger partial charge in [0.05, 0.1) is 0 Å². The third kappa shape index (κ3) is 5.87. The summed E-state index contributed by atoms with van der Waals surface area (Å²) in [5.74, 6) is 0.0576. The highest BCUT2D eigenvalue weighted by molar-refractivity contribution is 5.92. The van der Waals surface area contributed by atoms with Crippen molar-refractivity contribution in [1.82, 2.24) is 5.32 Å². The number of amides is 2. The third-order valence-electron chi connectivity index (χ3n) is 2.99. The molecule has 0 saturated carbocycles. The van der Waals surface area contributed by atoms with Crippen LogP contribution in [0.5, 0.6) is 0 Å². The molecule has 0 radical (unpaired) electrons. The Labute approximate surface area is 121 Å². The molecule has 20 heavy (non-hydrogen) atoms. The number of carbonyl (C=O) groups is 2. The van der Waals surface area contributed by atoms with E-state index in [2.05, 4.69) is 17.6 Å². The van der Waals surface area contributed by atoms with E-state index in [0.29, 0.717) is 13.0 Å². The average Bonchev–Trinajstić information content (AvgIpc) is 2.44. The van der Waals surface area contributed by atoms with Crippen molar-refractivity contribution in [1.29, 1.82) is 0 Å². The van der Waals surface area contributed by atoms with Crippen LogP contribution in [0.1, 0.15) is 45.6 Å². The molecule has 1 aromatic carbocycles. The van der Waals surface area contributed by atoms with Crippen molar-refractivity contribution in [3.05, 3.63) is 29.8 Å². The molecule has 0 aliphatic heterocycles. The first-order chi connectivity index (χ1) is 9.52. The quantitative estimate of drug-likeness (QED) is 0.804. The largest absolute Gasteiger partial charge is 0.352 e. The van der Waals surface area contributed by atoms with Crippen molar-refractivity contribution in [3.8, 4) is 0 Å². The predicted molar refractivity (Wildman–Crippen MR) is 81.3 cm³/mol. The van der Waals surface area contributed by atoms with Crippen LogP contribution in [0, 0.1) is 5.92 Å². The van der Waals surface area contributed by atoms with Gasteiger partial charge in [-0.3, -0.25) is 9.59 Å². The van der Waals surface area contributed by atoms with Crippen LogP contribution in [0.4, 0.5) is 5.69 Å². The summed E-state index contributed by atoms with van der Waals surface area (Å²) in [5, 5.41) is 5.72. The lowest BCUT2D eigenvalue weighted by atomic mass is 10.1. The number of hydrogen-bond donors (Lipinski definition) is 2. The molecule has 0 aromatic heterocycles. The fraction of sp³-hybridized carbons (Fsp3) is 0.500. The van der Waals surface area contributed by atoms with E-state index in [1.807, 2.05) is 38.1 Å². The van der Waals surface area contributed by atoms with Crippen LogP contribution in [-0.4, -0.2) is 11.8 Å². The van der Waals surface area contributed by atoms with Gasteiger partial charge < -0.3 is 10.6 Å². The Balaban J connectivity index is 2.42. The molecular formula is C16H24N2O2. The van der Waals surface area contributed by atoms with Crippen LogP contribution in [0.2, 0.25) is 0 Å². The van der Waals surface area contributed by atoms with E-state index in [0.717, 1.165) is 24.1 Å². The van der Waals surface area contributed by atoms with Crippen LogP contribution < -0.4 is 10.6 Å². The Morgan fingerprint density at radius 1 is 1.15 bits per heavy atom. The second kappa shape index (κ2) is 8.35. The molecular weight excluding hydrogens is 252 g/mol. The standard InChI is InChI=1S/C16H24N2O2/c1-4-5-6-15(19)17-11-13-7-9-14(10-8-13)18-16(20)12(2)3/h7-10,12H,4-6,11H2,1-3H3,(H,17,19)(H,18,20). The van der Waals surface area contributed by atoms with Crippen LogP contribution in [0.3, 0.4) is 0 Å². The molecule has 0 unspecified atom stereocenters. The number of benzene rings is 1. The Morgan fingerprint density at radius 2 is 1.80 bits per heavy atom. The van der Waals surface area contributed by atoms with E-state index in [1.54, 1.807) is 0 Å². The lowest BCUT2D eigenvalue weighted by Gasteiger charge is -2.09. The van der Waals surface area contributed by atoms with Gasteiger partial charge in [-0.2, -0.15) is 0 Å². The highest BCUT2D eigenvalue weighted by Gasteiger charge is 2.06. The molecule has 4 heteroatoms. The maximum atomic E-state index is 11.5. The van der Waals surface area contributed by atoms with Crippen molar-refractivity contribution in [2.75, 3.05) is 5.32 Å². The van der Waals surface area contributed by atoms with Crippen LogP contribution in [0.25, 0.3) is 0 Å². The maximum Gasteiger partial charge on any atom is 0.226 e. The summed E-state index contributed by atoms with van der Waals surface area (Å²) in [5.41, 5.74) is 1.81. The second-order valence-corrected chi connectivity index (χ2v) is 5.22. The first-order valence-electron chi connectivity index (χ1n) is 7.19. The van der Waals surface area contributed by atoms with Crippen LogP contribution >= 0.6 is 0 Å². The summed E-state index contributed by atoms with van der Waals surface area (Å²) in [4.78, 5) is 23.0. The van der Waals surface area contributed by atoms with Crippen LogP contribution in [0.15, 0.2) is 24.3 Å². The first-order valence-corrected chi connectivity index (χ1v) is 7.19. The lowest BCUT2D eigenvalue weighted by molar-refractivity contribution is -0.121. The van der Waals surface area contributed by atoms with Gasteiger partial charge in [0.15, 0.2) is 0 Å². The number of carbonyl (C=O) groups excluding carboxylic acids is 2. The van der Waals surface area contributed by atoms with Crippen molar-refractivity contribution in [2.45, 2.75) is 46.6 Å². The first kappa shape index (κ1) is 16.2. The Hall–Kier alpha value is -1.84. The monoisotopic (exact) mass is 276 g/mol. The van der Waals surface area contributed by atoms with Gasteiger partial charge >= 0.3 is 0 Å². The molecule has 2 amide bonds. The highest BCUT2D eigenvalue weighted by atomic mass is 16.2. The van der Waals surface area contributed by atoms with Gasteiger partial charge in [0.2, 0.25) is 11.8 Å². The fourth-order valence-corrected chi connectivity index (χ4v) is 1.62. The van der Waals surface area contributed by atoms with Gasteiger partial charge in [0.25, 0.3) is 0 Å². The van der Waals surface area contributed by atoms with Crippen molar-refractivity contribution >= 4 is 17.5 Å². The number of rotatable bonds is 7. The SMILES string of the molecule is CCCCC(=O)NCc1ccc(NC(=O)C(C)C)cc1. The molecule has 0 aliphatic rings. The Kier molecular flexibility index (Phi) is 6.77. The number of hydrogen-bond acceptors (Lipinski definition) is 2. The molecule has 4 nitrogen and oxygen atoms in total. The van der Waals surface area contributed by atoms with E-state index >= 15 is 0 Å². The summed E-state index contributed by atoms with van der Waals surface area (Å²) in [7, 11) is 0. The minimum absolute atomic E-state index is 0.00520. The molecule has 1 aromatic rings. The van der Waals surface area contributed by atoms with E-state index in [4.69, 9.17) is 0 Å². The number of nitrogens with one attached hydrogen (secondary N) is 2. The second-order valence-electron chi connectivity index (χ2n) is 5.22. The zero-order valence-corrected chi connectivity index (χ0v) is 12.5. The molecule has 0 saturated heterocycles. The van der Waals surface area contributed by atoms with Crippen molar-refractivity contribution in [2.24, 2.45) is 5.92 Å². The van der Waals surface area contributed by atoms with Gasteiger partial charge in [-0.1, -0.05) is 39.3 Å². The molecule has 0 spiro atoms. The number of unbranched alkanes of at least 4 members (excludes halogenated alkanes) is 1. The van der Waals surface area contributed by atoms with E-state index in [-0.39, 0.29) is 17.7 Å². The third-order valence-corrected chi connectivity index (χ3v) is 2.99. The van der Waals surface area contributed by atoms with E-state index < -0.39 is 0 Å². The normalized spacial score (nSPS) is 10.4. The Bertz CT molecular complexity index is 438.